The van der Waals surface area contributed by atoms with Crippen molar-refractivity contribution in [1.29, 1.82) is 0 Å². The molecule has 1 unspecified atom stereocenters. The number of carbonyl (C=O) groups excluding carboxylic acids is 1. The van der Waals surface area contributed by atoms with Gasteiger partial charge < -0.3 is 15.0 Å². The van der Waals surface area contributed by atoms with Gasteiger partial charge in [-0.05, 0) is 23.3 Å². The molecule has 1 saturated heterocycles. The lowest BCUT2D eigenvalue weighted by Crippen LogP contribution is -2.54. The normalized spacial score (nSPS) is 19.7. The molecule has 0 saturated carbocycles. The third-order valence-electron chi connectivity index (χ3n) is 4.36. The lowest BCUT2D eigenvalue weighted by Gasteiger charge is -2.33. The standard InChI is InChI=1S/C18H18N2O2.ClH/c21-18-16-7-6-14(13-4-2-1-3-5-13)10-17(16)22-12-15-11-19-8-9-20(15)18;/h1-7,10,15,19H,8-9,11-12H2;1H. The first-order valence-electron chi connectivity index (χ1n) is 7.67. The van der Waals surface area contributed by atoms with Crippen molar-refractivity contribution in [2.24, 2.45) is 0 Å². The van der Waals surface area contributed by atoms with E-state index in [0.717, 1.165) is 30.8 Å². The van der Waals surface area contributed by atoms with Crippen molar-refractivity contribution < 1.29 is 9.53 Å². The zero-order chi connectivity index (χ0) is 14.9. The lowest BCUT2D eigenvalue weighted by atomic mass is 10.0. The zero-order valence-corrected chi connectivity index (χ0v) is 13.5. The van der Waals surface area contributed by atoms with Gasteiger partial charge in [0.05, 0.1) is 11.6 Å². The summed E-state index contributed by atoms with van der Waals surface area (Å²) in [6.45, 7) is 2.93. The number of ether oxygens (including phenoxy) is 1. The van der Waals surface area contributed by atoms with E-state index in [2.05, 4.69) is 17.4 Å². The quantitative estimate of drug-likeness (QED) is 0.874. The maximum Gasteiger partial charge on any atom is 0.258 e. The fourth-order valence-corrected chi connectivity index (χ4v) is 3.15. The minimum atomic E-state index is 0. The van der Waals surface area contributed by atoms with Gasteiger partial charge in [0.2, 0.25) is 0 Å². The van der Waals surface area contributed by atoms with Crippen LogP contribution in [-0.4, -0.2) is 43.1 Å². The third-order valence-corrected chi connectivity index (χ3v) is 4.36. The van der Waals surface area contributed by atoms with Gasteiger partial charge in [0.1, 0.15) is 12.4 Å². The average molecular weight is 331 g/mol. The van der Waals surface area contributed by atoms with Gasteiger partial charge in [-0.15, -0.1) is 12.4 Å². The Morgan fingerprint density at radius 2 is 1.91 bits per heavy atom. The van der Waals surface area contributed by atoms with Crippen molar-refractivity contribution in [3.8, 4) is 16.9 Å². The summed E-state index contributed by atoms with van der Waals surface area (Å²) in [7, 11) is 0. The van der Waals surface area contributed by atoms with Crippen LogP contribution >= 0.6 is 12.4 Å². The van der Waals surface area contributed by atoms with Crippen LogP contribution < -0.4 is 10.1 Å². The summed E-state index contributed by atoms with van der Waals surface area (Å²) >= 11 is 0. The molecule has 1 fully saturated rings. The van der Waals surface area contributed by atoms with Crippen LogP contribution in [0.2, 0.25) is 0 Å². The summed E-state index contributed by atoms with van der Waals surface area (Å²) in [5.41, 5.74) is 2.87. The Balaban J connectivity index is 0.00000156. The molecule has 1 atom stereocenters. The van der Waals surface area contributed by atoms with Gasteiger partial charge in [0.15, 0.2) is 0 Å². The van der Waals surface area contributed by atoms with Gasteiger partial charge in [-0.1, -0.05) is 36.4 Å². The molecule has 1 N–H and O–H groups in total. The number of piperazine rings is 1. The highest BCUT2D eigenvalue weighted by Crippen LogP contribution is 2.31. The maximum absolute atomic E-state index is 12.7. The monoisotopic (exact) mass is 330 g/mol. The Kier molecular flexibility index (Phi) is 4.55. The number of carbonyl (C=O) groups is 1. The number of amides is 1. The Morgan fingerprint density at radius 3 is 2.74 bits per heavy atom. The molecule has 0 aliphatic carbocycles. The number of fused-ring (bicyclic) bond motifs is 2. The van der Waals surface area contributed by atoms with E-state index < -0.39 is 0 Å². The molecular formula is C18H19ClN2O2. The molecule has 2 aromatic rings. The van der Waals surface area contributed by atoms with Crippen LogP contribution in [-0.2, 0) is 0 Å². The molecule has 2 aliphatic rings. The predicted molar refractivity (Wildman–Crippen MR) is 92.3 cm³/mol. The molecule has 2 aromatic carbocycles. The van der Waals surface area contributed by atoms with Gasteiger partial charge in [0, 0.05) is 19.6 Å². The smallest absolute Gasteiger partial charge is 0.258 e. The largest absolute Gasteiger partial charge is 0.491 e. The number of hydrogen-bond acceptors (Lipinski definition) is 3. The number of nitrogens with one attached hydrogen (secondary N) is 1. The fraction of sp³-hybridized carbons (Fsp3) is 0.278. The zero-order valence-electron chi connectivity index (χ0n) is 12.7. The molecule has 2 aliphatic heterocycles. The minimum absolute atomic E-state index is 0. The molecule has 23 heavy (non-hydrogen) atoms. The van der Waals surface area contributed by atoms with Crippen LogP contribution in [0.25, 0.3) is 11.1 Å². The molecule has 0 radical (unpaired) electrons. The molecule has 0 aromatic heterocycles. The highest BCUT2D eigenvalue weighted by Gasteiger charge is 2.32. The topological polar surface area (TPSA) is 41.6 Å². The number of halogens is 1. The van der Waals surface area contributed by atoms with Gasteiger partial charge in [-0.2, -0.15) is 0 Å². The molecular weight excluding hydrogens is 312 g/mol. The van der Waals surface area contributed by atoms with Gasteiger partial charge in [-0.25, -0.2) is 0 Å². The summed E-state index contributed by atoms with van der Waals surface area (Å²) in [4.78, 5) is 14.7. The Bertz CT molecular complexity index is 705. The summed E-state index contributed by atoms with van der Waals surface area (Å²) < 4.78 is 5.95. The first-order valence-corrected chi connectivity index (χ1v) is 7.67. The van der Waals surface area contributed by atoms with Crippen molar-refractivity contribution in [2.75, 3.05) is 26.2 Å². The summed E-state index contributed by atoms with van der Waals surface area (Å²) in [5.74, 6) is 0.777. The first-order chi connectivity index (χ1) is 10.8. The van der Waals surface area contributed by atoms with E-state index in [0.29, 0.717) is 17.9 Å². The lowest BCUT2D eigenvalue weighted by molar-refractivity contribution is 0.0606. The Morgan fingerprint density at radius 1 is 1.09 bits per heavy atom. The van der Waals surface area contributed by atoms with Crippen LogP contribution in [0.4, 0.5) is 0 Å². The van der Waals surface area contributed by atoms with E-state index >= 15 is 0 Å². The fourth-order valence-electron chi connectivity index (χ4n) is 3.15. The SMILES string of the molecule is Cl.O=C1c2ccc(-c3ccccc3)cc2OCC2CNCCN12. The van der Waals surface area contributed by atoms with Crippen LogP contribution in [0.1, 0.15) is 10.4 Å². The van der Waals surface area contributed by atoms with E-state index in [1.54, 1.807) is 0 Å². The van der Waals surface area contributed by atoms with Crippen molar-refractivity contribution in [3.63, 3.8) is 0 Å². The summed E-state index contributed by atoms with van der Waals surface area (Å²) in [6, 6.07) is 16.1. The predicted octanol–water partition coefficient (Wildman–Crippen LogP) is 2.58. The molecule has 4 rings (SSSR count). The van der Waals surface area contributed by atoms with Gasteiger partial charge in [0.25, 0.3) is 5.91 Å². The van der Waals surface area contributed by atoms with E-state index in [9.17, 15) is 4.79 Å². The molecule has 120 valence electrons. The number of benzene rings is 2. The van der Waals surface area contributed by atoms with E-state index in [1.165, 1.54) is 0 Å². The number of hydrogen-bond donors (Lipinski definition) is 1. The molecule has 0 bridgehead atoms. The second-order valence-corrected chi connectivity index (χ2v) is 5.74. The Labute approximate surface area is 141 Å². The third kappa shape index (κ3) is 2.92. The van der Waals surface area contributed by atoms with Crippen molar-refractivity contribution in [3.05, 3.63) is 54.1 Å². The molecule has 5 heteroatoms. The van der Waals surface area contributed by atoms with Crippen molar-refractivity contribution in [2.45, 2.75) is 6.04 Å². The maximum atomic E-state index is 12.7. The van der Waals surface area contributed by atoms with Crippen LogP contribution in [0, 0.1) is 0 Å². The molecule has 0 spiro atoms. The van der Waals surface area contributed by atoms with E-state index in [1.807, 2.05) is 41.3 Å². The number of nitrogens with zero attached hydrogens (tertiary/aromatic N) is 1. The average Bonchev–Trinajstić information content (AvgIpc) is 2.73. The Hall–Kier alpha value is -2.04. The second kappa shape index (κ2) is 6.60. The molecule has 2 heterocycles. The minimum Gasteiger partial charge on any atom is -0.491 e. The second-order valence-electron chi connectivity index (χ2n) is 5.74. The van der Waals surface area contributed by atoms with Crippen LogP contribution in [0.5, 0.6) is 5.75 Å². The number of rotatable bonds is 1. The van der Waals surface area contributed by atoms with Crippen LogP contribution in [0.3, 0.4) is 0 Å². The van der Waals surface area contributed by atoms with Crippen LogP contribution in [0.15, 0.2) is 48.5 Å². The molecule has 1 amide bonds. The van der Waals surface area contributed by atoms with E-state index in [4.69, 9.17) is 4.74 Å². The van der Waals surface area contributed by atoms with Crippen molar-refractivity contribution >= 4 is 18.3 Å². The molecule has 4 nitrogen and oxygen atoms in total. The first kappa shape index (κ1) is 15.8. The van der Waals surface area contributed by atoms with Crippen molar-refractivity contribution in [1.82, 2.24) is 10.2 Å². The van der Waals surface area contributed by atoms with E-state index in [-0.39, 0.29) is 24.4 Å². The van der Waals surface area contributed by atoms with Gasteiger partial charge in [-0.3, -0.25) is 4.79 Å². The summed E-state index contributed by atoms with van der Waals surface area (Å²) in [6.07, 6.45) is 0. The highest BCUT2D eigenvalue weighted by atomic mass is 35.5. The summed E-state index contributed by atoms with van der Waals surface area (Å²) in [5, 5.41) is 3.32. The highest BCUT2D eigenvalue weighted by molar-refractivity contribution is 5.98. The van der Waals surface area contributed by atoms with Gasteiger partial charge >= 0.3 is 0 Å².